The minimum atomic E-state index is 0.463. The van der Waals surface area contributed by atoms with Gasteiger partial charge in [-0.3, -0.25) is 0 Å². The van der Waals surface area contributed by atoms with Gasteiger partial charge in [-0.1, -0.05) is 18.5 Å². The minimum absolute atomic E-state index is 0.463. The third kappa shape index (κ3) is 2.89. The highest BCUT2D eigenvalue weighted by Gasteiger charge is 2.06. The van der Waals surface area contributed by atoms with Crippen LogP contribution in [0.4, 0.5) is 5.69 Å². The Bertz CT molecular complexity index is 325. The first-order valence-electron chi connectivity index (χ1n) is 4.76. The summed E-state index contributed by atoms with van der Waals surface area (Å²) in [5.41, 5.74) is 2.16. The Labute approximate surface area is 99.0 Å². The van der Waals surface area contributed by atoms with Crippen molar-refractivity contribution in [2.75, 3.05) is 5.32 Å². The lowest BCUT2D eigenvalue weighted by Crippen LogP contribution is -2.13. The fourth-order valence-corrected chi connectivity index (χ4v) is 1.86. The quantitative estimate of drug-likeness (QED) is 0.849. The van der Waals surface area contributed by atoms with E-state index in [-0.39, 0.29) is 0 Å². The zero-order valence-electron chi connectivity index (χ0n) is 8.70. The summed E-state index contributed by atoms with van der Waals surface area (Å²) in [5, 5.41) is 4.20. The predicted octanol–water partition coefficient (Wildman–Crippen LogP) is 4.62. The highest BCUT2D eigenvalue weighted by Crippen LogP contribution is 2.29. The molecule has 0 heterocycles. The maximum atomic E-state index is 6.05. The van der Waals surface area contributed by atoms with E-state index in [2.05, 4.69) is 35.1 Å². The van der Waals surface area contributed by atoms with Crippen LogP contribution >= 0.6 is 27.5 Å². The van der Waals surface area contributed by atoms with Crippen molar-refractivity contribution >= 4 is 33.2 Å². The molecule has 0 aromatic heterocycles. The maximum absolute atomic E-state index is 6.05. The molecule has 1 unspecified atom stereocenters. The molecular formula is C11H15BrClN. The summed E-state index contributed by atoms with van der Waals surface area (Å²) >= 11 is 9.57. The van der Waals surface area contributed by atoms with Crippen molar-refractivity contribution in [3.05, 3.63) is 27.2 Å². The van der Waals surface area contributed by atoms with E-state index in [4.69, 9.17) is 11.6 Å². The van der Waals surface area contributed by atoms with Gasteiger partial charge < -0.3 is 5.32 Å². The van der Waals surface area contributed by atoms with Crippen LogP contribution in [0.15, 0.2) is 16.6 Å². The number of nitrogens with one attached hydrogen (secondary N) is 1. The second-order valence-electron chi connectivity index (χ2n) is 3.53. The van der Waals surface area contributed by atoms with Crippen LogP contribution in [-0.4, -0.2) is 6.04 Å². The van der Waals surface area contributed by atoms with Gasteiger partial charge in [0, 0.05) is 15.5 Å². The Morgan fingerprint density at radius 2 is 2.14 bits per heavy atom. The Morgan fingerprint density at radius 1 is 1.50 bits per heavy atom. The molecule has 0 fully saturated rings. The number of anilines is 1. The largest absolute Gasteiger partial charge is 0.382 e. The Balaban J connectivity index is 2.92. The minimum Gasteiger partial charge on any atom is -0.382 e. The third-order valence-corrected chi connectivity index (χ3v) is 3.33. The summed E-state index contributed by atoms with van der Waals surface area (Å²) in [6.07, 6.45) is 1.10. The molecule has 1 aromatic carbocycles. The van der Waals surface area contributed by atoms with Crippen molar-refractivity contribution in [3.63, 3.8) is 0 Å². The van der Waals surface area contributed by atoms with Gasteiger partial charge in [0.05, 0.1) is 5.69 Å². The van der Waals surface area contributed by atoms with Crippen molar-refractivity contribution in [1.29, 1.82) is 0 Å². The first-order valence-corrected chi connectivity index (χ1v) is 5.94. The van der Waals surface area contributed by atoms with Gasteiger partial charge in [0.2, 0.25) is 0 Å². The van der Waals surface area contributed by atoms with Crippen molar-refractivity contribution in [2.45, 2.75) is 33.2 Å². The van der Waals surface area contributed by atoms with E-state index in [0.29, 0.717) is 6.04 Å². The lowest BCUT2D eigenvalue weighted by Gasteiger charge is -2.15. The molecule has 1 nitrogen and oxygen atoms in total. The smallest absolute Gasteiger partial charge is 0.0501 e. The Hall–Kier alpha value is -0.210. The summed E-state index contributed by atoms with van der Waals surface area (Å²) in [5.74, 6) is 0. The summed E-state index contributed by atoms with van der Waals surface area (Å²) < 4.78 is 1.07. The van der Waals surface area contributed by atoms with Crippen LogP contribution < -0.4 is 5.32 Å². The molecule has 0 radical (unpaired) electrons. The van der Waals surface area contributed by atoms with E-state index >= 15 is 0 Å². The summed E-state index contributed by atoms with van der Waals surface area (Å²) in [6.45, 7) is 6.31. The van der Waals surface area contributed by atoms with Crippen LogP contribution in [0.3, 0.4) is 0 Å². The lowest BCUT2D eigenvalue weighted by molar-refractivity contribution is 0.763. The molecule has 0 aliphatic rings. The topological polar surface area (TPSA) is 12.0 Å². The molecule has 0 spiro atoms. The van der Waals surface area contributed by atoms with E-state index < -0.39 is 0 Å². The fourth-order valence-electron chi connectivity index (χ4n) is 1.12. The molecule has 3 heteroatoms. The van der Waals surface area contributed by atoms with Gasteiger partial charge in [-0.05, 0) is 53.9 Å². The van der Waals surface area contributed by atoms with Crippen LogP contribution in [0.25, 0.3) is 0 Å². The molecule has 0 aliphatic heterocycles. The average Bonchev–Trinajstić information content (AvgIpc) is 2.14. The Morgan fingerprint density at radius 3 is 2.71 bits per heavy atom. The third-order valence-electron chi connectivity index (χ3n) is 2.26. The number of hydrogen-bond donors (Lipinski definition) is 1. The van der Waals surface area contributed by atoms with Crippen molar-refractivity contribution in [1.82, 2.24) is 0 Å². The number of halogens is 2. The van der Waals surface area contributed by atoms with Gasteiger partial charge in [-0.2, -0.15) is 0 Å². The van der Waals surface area contributed by atoms with Gasteiger partial charge >= 0.3 is 0 Å². The average molecular weight is 277 g/mol. The highest BCUT2D eigenvalue weighted by atomic mass is 79.9. The second kappa shape index (κ2) is 5.04. The molecular weight excluding hydrogens is 261 g/mol. The molecule has 1 aromatic rings. The van der Waals surface area contributed by atoms with Gasteiger partial charge in [0.15, 0.2) is 0 Å². The maximum Gasteiger partial charge on any atom is 0.0501 e. The molecule has 0 amide bonds. The van der Waals surface area contributed by atoms with Crippen LogP contribution in [-0.2, 0) is 0 Å². The molecule has 0 saturated heterocycles. The molecule has 1 rings (SSSR count). The van der Waals surface area contributed by atoms with Gasteiger partial charge in [0.1, 0.15) is 0 Å². The van der Waals surface area contributed by atoms with E-state index in [9.17, 15) is 0 Å². The number of rotatable bonds is 3. The van der Waals surface area contributed by atoms with Gasteiger partial charge in [-0.25, -0.2) is 0 Å². The van der Waals surface area contributed by atoms with Crippen LogP contribution in [0, 0.1) is 6.92 Å². The van der Waals surface area contributed by atoms with Gasteiger partial charge in [-0.15, -0.1) is 0 Å². The van der Waals surface area contributed by atoms with E-state index in [1.165, 1.54) is 0 Å². The number of hydrogen-bond acceptors (Lipinski definition) is 1. The highest BCUT2D eigenvalue weighted by molar-refractivity contribution is 9.10. The molecule has 78 valence electrons. The van der Waals surface area contributed by atoms with E-state index in [1.54, 1.807) is 0 Å². The summed E-state index contributed by atoms with van der Waals surface area (Å²) in [6, 6.07) is 4.46. The molecule has 1 N–H and O–H groups in total. The first-order chi connectivity index (χ1) is 6.54. The molecule has 14 heavy (non-hydrogen) atoms. The first kappa shape index (κ1) is 11.9. The molecule has 0 saturated carbocycles. The summed E-state index contributed by atoms with van der Waals surface area (Å²) in [4.78, 5) is 0. The molecule has 0 bridgehead atoms. The predicted molar refractivity (Wildman–Crippen MR) is 67.3 cm³/mol. The van der Waals surface area contributed by atoms with Crippen molar-refractivity contribution < 1.29 is 0 Å². The monoisotopic (exact) mass is 275 g/mol. The van der Waals surface area contributed by atoms with Crippen molar-refractivity contribution in [2.24, 2.45) is 0 Å². The van der Waals surface area contributed by atoms with Crippen LogP contribution in [0.5, 0.6) is 0 Å². The Kier molecular flexibility index (Phi) is 4.27. The van der Waals surface area contributed by atoms with Crippen LogP contribution in [0.1, 0.15) is 25.8 Å². The zero-order chi connectivity index (χ0) is 10.7. The number of benzene rings is 1. The SMILES string of the molecule is CCC(C)Nc1cc(Cl)c(C)cc1Br. The summed E-state index contributed by atoms with van der Waals surface area (Å²) in [7, 11) is 0. The van der Waals surface area contributed by atoms with E-state index in [0.717, 1.165) is 27.2 Å². The molecule has 0 aliphatic carbocycles. The zero-order valence-corrected chi connectivity index (χ0v) is 11.0. The van der Waals surface area contributed by atoms with Crippen molar-refractivity contribution in [3.8, 4) is 0 Å². The second-order valence-corrected chi connectivity index (χ2v) is 4.80. The van der Waals surface area contributed by atoms with Crippen LogP contribution in [0.2, 0.25) is 5.02 Å². The normalized spacial score (nSPS) is 12.6. The van der Waals surface area contributed by atoms with E-state index in [1.807, 2.05) is 19.1 Å². The fraction of sp³-hybridized carbons (Fsp3) is 0.455. The van der Waals surface area contributed by atoms with Gasteiger partial charge in [0.25, 0.3) is 0 Å². The molecule has 1 atom stereocenters. The standard InChI is InChI=1S/C11H15BrClN/c1-4-8(3)14-11-6-10(13)7(2)5-9(11)12/h5-6,8,14H,4H2,1-3H3. The lowest BCUT2D eigenvalue weighted by atomic mass is 10.2. The number of aryl methyl sites for hydroxylation is 1.